The number of benzene rings is 1. The van der Waals surface area contributed by atoms with Crippen molar-refractivity contribution in [1.82, 2.24) is 19.7 Å². The van der Waals surface area contributed by atoms with Gasteiger partial charge in [-0.1, -0.05) is 38.1 Å². The van der Waals surface area contributed by atoms with E-state index in [1.807, 2.05) is 13.8 Å². The van der Waals surface area contributed by atoms with Crippen LogP contribution in [0.1, 0.15) is 49.4 Å². The molecule has 1 aromatic carbocycles. The number of hydrogen-bond acceptors (Lipinski definition) is 8. The third kappa shape index (κ3) is 6.95. The summed E-state index contributed by atoms with van der Waals surface area (Å²) in [6.45, 7) is 3.74. The molecule has 0 saturated heterocycles. The summed E-state index contributed by atoms with van der Waals surface area (Å²) in [5.74, 6) is -0.518. The van der Waals surface area contributed by atoms with Crippen molar-refractivity contribution in [1.29, 1.82) is 0 Å². The second-order valence-electron chi connectivity index (χ2n) is 8.79. The normalized spacial score (nSPS) is 13.6. The van der Waals surface area contributed by atoms with Gasteiger partial charge in [0.05, 0.1) is 49.8 Å². The Labute approximate surface area is 217 Å². The van der Waals surface area contributed by atoms with Crippen LogP contribution in [0.3, 0.4) is 0 Å². The highest BCUT2D eigenvalue weighted by atomic mass is 19.4. The SMILES string of the molecule is COC(=O)C[C@H](O)C[C@H](O)C=Cc1c(C(C)C)nn(-c2ccnc(OC)n2)c1-c1cccc(C(F)(F)F)c1. The van der Waals surface area contributed by atoms with Crippen molar-refractivity contribution in [2.24, 2.45) is 0 Å². The van der Waals surface area contributed by atoms with Gasteiger partial charge in [0, 0.05) is 29.8 Å². The predicted molar refractivity (Wildman–Crippen MR) is 133 cm³/mol. The Hall–Kier alpha value is -3.77. The number of carbonyl (C=O) groups excluding carboxylic acids is 1. The van der Waals surface area contributed by atoms with E-state index < -0.39 is 29.9 Å². The van der Waals surface area contributed by atoms with Crippen molar-refractivity contribution >= 4 is 12.0 Å². The van der Waals surface area contributed by atoms with Gasteiger partial charge >= 0.3 is 18.2 Å². The number of nitrogens with zero attached hydrogens (tertiary/aromatic N) is 4. The first-order valence-electron chi connectivity index (χ1n) is 11.7. The fourth-order valence-electron chi connectivity index (χ4n) is 3.80. The number of alkyl halides is 3. The summed E-state index contributed by atoms with van der Waals surface area (Å²) in [5.41, 5.74) is 0.678. The van der Waals surface area contributed by atoms with Crippen LogP contribution in [0.2, 0.25) is 0 Å². The Morgan fingerprint density at radius 1 is 1.18 bits per heavy atom. The summed E-state index contributed by atoms with van der Waals surface area (Å²) < 4.78 is 51.7. The first kappa shape index (κ1) is 28.8. The van der Waals surface area contributed by atoms with Crippen LogP contribution in [-0.4, -0.2) is 62.4 Å². The molecule has 0 bridgehead atoms. The second kappa shape index (κ2) is 12.2. The van der Waals surface area contributed by atoms with Crippen LogP contribution in [0.25, 0.3) is 23.2 Å². The standard InChI is InChI=1S/C26H29F3N4O5/c1-15(2)23-20(9-8-18(34)13-19(35)14-22(36)37-3)24(16-6-5-7-17(12-16)26(27,28)29)33(32-23)21-10-11-30-25(31-21)38-4/h5-12,15,18-19,34-35H,13-14H2,1-4H3/t18-,19-/m1/s1. The number of rotatable bonds is 10. The maximum atomic E-state index is 13.6. The van der Waals surface area contributed by atoms with Gasteiger partial charge in [-0.25, -0.2) is 9.67 Å². The first-order chi connectivity index (χ1) is 17.9. The molecule has 3 rings (SSSR count). The smallest absolute Gasteiger partial charge is 0.416 e. The van der Waals surface area contributed by atoms with Gasteiger partial charge in [0.2, 0.25) is 0 Å². The molecule has 2 heterocycles. The lowest BCUT2D eigenvalue weighted by atomic mass is 9.97. The van der Waals surface area contributed by atoms with E-state index in [0.717, 1.165) is 12.1 Å². The molecule has 0 spiro atoms. The Kier molecular flexibility index (Phi) is 9.23. The number of methoxy groups -OCH3 is 2. The zero-order chi connectivity index (χ0) is 28.0. The third-order valence-corrected chi connectivity index (χ3v) is 5.61. The zero-order valence-corrected chi connectivity index (χ0v) is 21.3. The van der Waals surface area contributed by atoms with Gasteiger partial charge in [0.15, 0.2) is 5.82 Å². The van der Waals surface area contributed by atoms with Gasteiger partial charge in [-0.05, 0) is 18.1 Å². The van der Waals surface area contributed by atoms with Crippen LogP contribution in [-0.2, 0) is 15.7 Å². The van der Waals surface area contributed by atoms with E-state index in [9.17, 15) is 28.2 Å². The molecular weight excluding hydrogens is 505 g/mol. The first-order valence-corrected chi connectivity index (χ1v) is 11.7. The van der Waals surface area contributed by atoms with Gasteiger partial charge in [-0.3, -0.25) is 4.79 Å². The molecule has 2 aromatic heterocycles. The summed E-state index contributed by atoms with van der Waals surface area (Å²) in [4.78, 5) is 19.7. The predicted octanol–water partition coefficient (Wildman–Crippen LogP) is 4.17. The number of esters is 1. The van der Waals surface area contributed by atoms with Gasteiger partial charge in [-0.15, -0.1) is 0 Å². The van der Waals surface area contributed by atoms with E-state index in [-0.39, 0.29) is 36.2 Å². The summed E-state index contributed by atoms with van der Waals surface area (Å²) in [7, 11) is 2.58. The number of ether oxygens (including phenoxy) is 2. The van der Waals surface area contributed by atoms with E-state index in [2.05, 4.69) is 19.8 Å². The molecule has 0 aliphatic rings. The van der Waals surface area contributed by atoms with Crippen molar-refractivity contribution in [3.8, 4) is 23.1 Å². The summed E-state index contributed by atoms with van der Waals surface area (Å²) in [6.07, 6.45) is -2.94. The monoisotopic (exact) mass is 534 g/mol. The zero-order valence-electron chi connectivity index (χ0n) is 21.3. The van der Waals surface area contributed by atoms with E-state index in [1.165, 1.54) is 43.3 Å². The van der Waals surface area contributed by atoms with Gasteiger partial charge in [0.25, 0.3) is 0 Å². The molecule has 0 radical (unpaired) electrons. The third-order valence-electron chi connectivity index (χ3n) is 5.61. The summed E-state index contributed by atoms with van der Waals surface area (Å²) in [6, 6.07) is 6.41. The Morgan fingerprint density at radius 2 is 1.92 bits per heavy atom. The molecule has 38 heavy (non-hydrogen) atoms. The van der Waals surface area contributed by atoms with Crippen molar-refractivity contribution in [3.05, 3.63) is 59.4 Å². The Balaban J connectivity index is 2.16. The number of carbonyl (C=O) groups is 1. The molecule has 204 valence electrons. The lowest BCUT2D eigenvalue weighted by Crippen LogP contribution is -2.20. The maximum Gasteiger partial charge on any atom is 0.416 e. The van der Waals surface area contributed by atoms with Crippen LogP contribution in [0, 0.1) is 0 Å². The van der Waals surface area contributed by atoms with E-state index in [0.29, 0.717) is 17.0 Å². The Bertz CT molecular complexity index is 1290. The molecule has 2 N–H and O–H groups in total. The second-order valence-corrected chi connectivity index (χ2v) is 8.79. The summed E-state index contributed by atoms with van der Waals surface area (Å²) in [5, 5.41) is 25.2. The van der Waals surface area contributed by atoms with Crippen molar-refractivity contribution in [3.63, 3.8) is 0 Å². The maximum absolute atomic E-state index is 13.6. The van der Waals surface area contributed by atoms with E-state index >= 15 is 0 Å². The molecular formula is C26H29F3N4O5. The van der Waals surface area contributed by atoms with Crippen molar-refractivity contribution in [2.75, 3.05) is 14.2 Å². The average molecular weight is 535 g/mol. The van der Waals surface area contributed by atoms with E-state index in [1.54, 1.807) is 12.1 Å². The lowest BCUT2D eigenvalue weighted by Gasteiger charge is -2.13. The van der Waals surface area contributed by atoms with Crippen LogP contribution < -0.4 is 4.74 Å². The number of aliphatic hydroxyl groups excluding tert-OH is 2. The molecule has 9 nitrogen and oxygen atoms in total. The minimum Gasteiger partial charge on any atom is -0.469 e. The average Bonchev–Trinajstić information content (AvgIpc) is 3.26. The molecule has 12 heteroatoms. The van der Waals surface area contributed by atoms with Gasteiger partial charge < -0.3 is 19.7 Å². The molecule has 2 atom stereocenters. The van der Waals surface area contributed by atoms with Crippen LogP contribution in [0.4, 0.5) is 13.2 Å². The highest BCUT2D eigenvalue weighted by molar-refractivity contribution is 5.76. The quantitative estimate of drug-likeness (QED) is 0.372. The number of halogens is 3. The van der Waals surface area contributed by atoms with Crippen molar-refractivity contribution < 1.29 is 37.7 Å². The van der Waals surface area contributed by atoms with Crippen LogP contribution >= 0.6 is 0 Å². The molecule has 0 unspecified atom stereocenters. The molecule has 0 saturated carbocycles. The highest BCUT2D eigenvalue weighted by Gasteiger charge is 2.31. The molecule has 0 amide bonds. The van der Waals surface area contributed by atoms with Crippen LogP contribution in [0.5, 0.6) is 6.01 Å². The van der Waals surface area contributed by atoms with Gasteiger partial charge in [-0.2, -0.15) is 23.3 Å². The van der Waals surface area contributed by atoms with Crippen molar-refractivity contribution in [2.45, 2.75) is 51.0 Å². The molecule has 0 fully saturated rings. The molecule has 0 aliphatic carbocycles. The topological polar surface area (TPSA) is 120 Å². The number of hydrogen-bond donors (Lipinski definition) is 2. The highest BCUT2D eigenvalue weighted by Crippen LogP contribution is 2.37. The fraction of sp³-hybridized carbons (Fsp3) is 0.385. The molecule has 3 aromatic rings. The lowest BCUT2D eigenvalue weighted by molar-refractivity contribution is -0.143. The number of aliphatic hydroxyl groups is 2. The fourth-order valence-corrected chi connectivity index (χ4v) is 3.80. The summed E-state index contributed by atoms with van der Waals surface area (Å²) >= 11 is 0. The Morgan fingerprint density at radius 3 is 2.55 bits per heavy atom. The number of aromatic nitrogens is 4. The largest absolute Gasteiger partial charge is 0.469 e. The van der Waals surface area contributed by atoms with E-state index in [4.69, 9.17) is 4.74 Å². The minimum absolute atomic E-state index is 0.0474. The minimum atomic E-state index is -4.57. The van der Waals surface area contributed by atoms with Crippen LogP contribution in [0.15, 0.2) is 42.6 Å². The molecule has 0 aliphatic heterocycles. The van der Waals surface area contributed by atoms with Gasteiger partial charge in [0.1, 0.15) is 0 Å².